The van der Waals surface area contributed by atoms with Gasteiger partial charge < -0.3 is 9.64 Å². The van der Waals surface area contributed by atoms with E-state index >= 15 is 0 Å². The fourth-order valence-corrected chi connectivity index (χ4v) is 6.88. The first-order valence-corrected chi connectivity index (χ1v) is 15.3. The molecule has 2 fully saturated rings. The number of anilines is 1. The van der Waals surface area contributed by atoms with Gasteiger partial charge in [0.05, 0.1) is 24.1 Å². The highest BCUT2D eigenvalue weighted by molar-refractivity contribution is 8.26. The molecule has 0 spiro atoms. The number of methoxy groups -OCH3 is 1. The summed E-state index contributed by atoms with van der Waals surface area (Å²) in [7, 11) is 1.62. The lowest BCUT2D eigenvalue weighted by Crippen LogP contribution is -2.37. The normalized spacial score (nSPS) is 17.0. The molecule has 2 aromatic heterocycles. The van der Waals surface area contributed by atoms with Gasteiger partial charge in [-0.05, 0) is 73.1 Å². The van der Waals surface area contributed by atoms with Crippen LogP contribution in [-0.2, 0) is 17.8 Å². The lowest BCUT2D eigenvalue weighted by Gasteiger charge is -2.33. The number of carbonyl (C=O) groups excluding carboxylic acids is 1. The van der Waals surface area contributed by atoms with Crippen LogP contribution in [0.4, 0.5) is 5.82 Å². The summed E-state index contributed by atoms with van der Waals surface area (Å²) in [6.07, 6.45) is 6.49. The van der Waals surface area contributed by atoms with E-state index in [1.54, 1.807) is 28.7 Å². The lowest BCUT2D eigenvalue weighted by atomic mass is 9.90. The van der Waals surface area contributed by atoms with Crippen molar-refractivity contribution in [1.82, 2.24) is 14.3 Å². The number of aromatic nitrogens is 2. The second kappa shape index (κ2) is 12.1. The number of nitrogens with zero attached hydrogens (tertiary/aromatic N) is 4. The molecule has 0 N–H and O–H groups in total. The van der Waals surface area contributed by atoms with Crippen LogP contribution in [0.15, 0.2) is 82.6 Å². The third-order valence-corrected chi connectivity index (χ3v) is 9.37. The first-order chi connectivity index (χ1) is 20.4. The molecule has 0 saturated carbocycles. The molecule has 2 aliphatic rings. The molecule has 214 valence electrons. The van der Waals surface area contributed by atoms with E-state index in [9.17, 15) is 9.59 Å². The van der Waals surface area contributed by atoms with Gasteiger partial charge in [0, 0.05) is 19.3 Å². The Balaban J connectivity index is 1.30. The number of hydrogen-bond donors (Lipinski definition) is 0. The van der Waals surface area contributed by atoms with Crippen LogP contribution in [0.1, 0.15) is 35.1 Å². The fraction of sp³-hybridized carbons (Fsp3) is 0.273. The molecule has 9 heteroatoms. The fourth-order valence-electron chi connectivity index (χ4n) is 5.65. The largest absolute Gasteiger partial charge is 0.497 e. The predicted molar refractivity (Wildman–Crippen MR) is 173 cm³/mol. The molecule has 0 unspecified atom stereocenters. The minimum Gasteiger partial charge on any atom is -0.497 e. The first-order valence-electron chi connectivity index (χ1n) is 14.1. The Labute approximate surface area is 254 Å². The van der Waals surface area contributed by atoms with Crippen LogP contribution >= 0.6 is 24.0 Å². The minimum atomic E-state index is -0.206. The van der Waals surface area contributed by atoms with Crippen LogP contribution in [-0.4, -0.2) is 44.7 Å². The highest BCUT2D eigenvalue weighted by Gasteiger charge is 2.33. The summed E-state index contributed by atoms with van der Waals surface area (Å²) >= 11 is 6.83. The van der Waals surface area contributed by atoms with Crippen molar-refractivity contribution in [2.24, 2.45) is 5.92 Å². The number of thiocarbonyl (C=S) groups is 1. The molecule has 0 atom stereocenters. The van der Waals surface area contributed by atoms with Crippen molar-refractivity contribution >= 4 is 51.7 Å². The Morgan fingerprint density at radius 3 is 2.45 bits per heavy atom. The van der Waals surface area contributed by atoms with Crippen LogP contribution < -0.4 is 15.2 Å². The number of piperidine rings is 1. The van der Waals surface area contributed by atoms with Gasteiger partial charge in [-0.3, -0.25) is 18.9 Å². The van der Waals surface area contributed by atoms with Crippen LogP contribution in [0.3, 0.4) is 0 Å². The van der Waals surface area contributed by atoms with Crippen molar-refractivity contribution in [2.75, 3.05) is 25.1 Å². The molecule has 2 aliphatic heterocycles. The minimum absolute atomic E-state index is 0.189. The molecule has 2 aromatic carbocycles. The molecule has 0 radical (unpaired) electrons. The number of ether oxygens (including phenoxy) is 1. The zero-order chi connectivity index (χ0) is 29.2. The molecule has 1 amide bonds. The second-order valence-electron chi connectivity index (χ2n) is 10.8. The zero-order valence-corrected chi connectivity index (χ0v) is 25.3. The second-order valence-corrected chi connectivity index (χ2v) is 12.5. The number of carbonyl (C=O) groups is 1. The van der Waals surface area contributed by atoms with Crippen molar-refractivity contribution in [3.05, 3.63) is 110 Å². The highest BCUT2D eigenvalue weighted by Crippen LogP contribution is 2.35. The Morgan fingerprint density at radius 1 is 1.00 bits per heavy atom. The van der Waals surface area contributed by atoms with Gasteiger partial charge >= 0.3 is 0 Å². The summed E-state index contributed by atoms with van der Waals surface area (Å²) in [5.41, 5.74) is 4.08. The van der Waals surface area contributed by atoms with Crippen molar-refractivity contribution in [2.45, 2.75) is 32.7 Å². The van der Waals surface area contributed by atoms with E-state index in [0.29, 0.717) is 38.7 Å². The zero-order valence-electron chi connectivity index (χ0n) is 23.7. The number of pyridine rings is 1. The maximum Gasteiger partial charge on any atom is 0.267 e. The third kappa shape index (κ3) is 5.71. The van der Waals surface area contributed by atoms with Crippen molar-refractivity contribution in [3.63, 3.8) is 0 Å². The summed E-state index contributed by atoms with van der Waals surface area (Å²) in [6, 6.07) is 22.0. The summed E-state index contributed by atoms with van der Waals surface area (Å²) < 4.78 is 7.29. The average molecular weight is 597 g/mol. The van der Waals surface area contributed by atoms with Gasteiger partial charge in [0.25, 0.3) is 11.5 Å². The number of thioether (sulfide) groups is 1. The maximum atomic E-state index is 13.9. The van der Waals surface area contributed by atoms with Crippen molar-refractivity contribution < 1.29 is 9.53 Å². The summed E-state index contributed by atoms with van der Waals surface area (Å²) in [6.45, 7) is 3.90. The molecule has 2 saturated heterocycles. The lowest BCUT2D eigenvalue weighted by molar-refractivity contribution is -0.122. The van der Waals surface area contributed by atoms with Gasteiger partial charge in [0.2, 0.25) is 0 Å². The molecule has 6 rings (SSSR count). The Morgan fingerprint density at radius 2 is 1.74 bits per heavy atom. The smallest absolute Gasteiger partial charge is 0.267 e. The third-order valence-electron chi connectivity index (χ3n) is 7.99. The first kappa shape index (κ1) is 28.2. The van der Waals surface area contributed by atoms with Crippen LogP contribution in [0.5, 0.6) is 5.75 Å². The average Bonchev–Trinajstić information content (AvgIpc) is 3.27. The monoisotopic (exact) mass is 596 g/mol. The Bertz CT molecular complexity index is 1730. The van der Waals surface area contributed by atoms with E-state index in [-0.39, 0.29) is 11.5 Å². The van der Waals surface area contributed by atoms with E-state index in [0.717, 1.165) is 49.2 Å². The van der Waals surface area contributed by atoms with E-state index in [1.807, 2.05) is 49.4 Å². The number of rotatable bonds is 7. The number of amides is 1. The molecule has 0 aliphatic carbocycles. The molecule has 0 bridgehead atoms. The van der Waals surface area contributed by atoms with Gasteiger partial charge in [0.1, 0.15) is 21.5 Å². The topological polar surface area (TPSA) is 67.2 Å². The molecule has 7 nitrogen and oxygen atoms in total. The van der Waals surface area contributed by atoms with Gasteiger partial charge in [-0.1, -0.05) is 72.5 Å². The molecular formula is C33H32N4O3S2. The number of aryl methyl sites for hydroxylation is 1. The Hall–Kier alpha value is -3.95. The standard InChI is InChI=1S/C33H32N4O3S2/c1-22-7-6-16-36-29(22)34-30(35-17-14-24(15-18-35)19-23-8-4-3-5-9-23)27(31(36)38)20-28-32(39)37(33(41)42-28)21-25-10-12-26(40-2)13-11-25/h3-13,16,20,24H,14-15,17-19,21H2,1-2H3. The molecule has 4 heterocycles. The Kier molecular flexibility index (Phi) is 8.13. The quantitative estimate of drug-likeness (QED) is 0.195. The highest BCUT2D eigenvalue weighted by atomic mass is 32.2. The van der Waals surface area contributed by atoms with E-state index in [1.165, 1.54) is 17.3 Å². The number of hydrogen-bond acceptors (Lipinski definition) is 7. The van der Waals surface area contributed by atoms with E-state index < -0.39 is 0 Å². The van der Waals surface area contributed by atoms with Gasteiger partial charge in [-0.2, -0.15) is 0 Å². The van der Waals surface area contributed by atoms with Crippen molar-refractivity contribution in [1.29, 1.82) is 0 Å². The van der Waals surface area contributed by atoms with Gasteiger partial charge in [0.15, 0.2) is 0 Å². The van der Waals surface area contributed by atoms with Crippen LogP contribution in [0.2, 0.25) is 0 Å². The van der Waals surface area contributed by atoms with Gasteiger partial charge in [-0.15, -0.1) is 0 Å². The van der Waals surface area contributed by atoms with Crippen LogP contribution in [0, 0.1) is 12.8 Å². The summed E-state index contributed by atoms with van der Waals surface area (Å²) in [5.74, 6) is 1.75. The predicted octanol–water partition coefficient (Wildman–Crippen LogP) is 5.87. The maximum absolute atomic E-state index is 13.9. The molecule has 42 heavy (non-hydrogen) atoms. The van der Waals surface area contributed by atoms with Gasteiger partial charge in [-0.25, -0.2) is 4.98 Å². The van der Waals surface area contributed by atoms with E-state index in [4.69, 9.17) is 21.9 Å². The number of fused-ring (bicyclic) bond motifs is 1. The number of benzene rings is 2. The van der Waals surface area contributed by atoms with E-state index in [2.05, 4.69) is 29.2 Å². The summed E-state index contributed by atoms with van der Waals surface area (Å²) in [4.78, 5) is 36.7. The molecule has 4 aromatic rings. The molecular weight excluding hydrogens is 565 g/mol. The summed E-state index contributed by atoms with van der Waals surface area (Å²) in [5, 5.41) is 0. The van der Waals surface area contributed by atoms with Crippen molar-refractivity contribution in [3.8, 4) is 5.75 Å². The van der Waals surface area contributed by atoms with Crippen LogP contribution in [0.25, 0.3) is 11.7 Å². The SMILES string of the molecule is COc1ccc(CN2C(=O)C(=Cc3c(N4CCC(Cc5ccccc5)CC4)nc4c(C)cccn4c3=O)SC2=S)cc1.